The van der Waals surface area contributed by atoms with Crippen LogP contribution in [0.2, 0.25) is 0 Å². The van der Waals surface area contributed by atoms with Crippen molar-refractivity contribution in [3.05, 3.63) is 0 Å². The Kier molecular flexibility index (Phi) is 5.97. The molecule has 5 aliphatic rings. The van der Waals surface area contributed by atoms with Gasteiger partial charge < -0.3 is 14.9 Å². The first-order valence-corrected chi connectivity index (χ1v) is 15.0. The molecule has 5 saturated carbocycles. The summed E-state index contributed by atoms with van der Waals surface area (Å²) in [5.41, 5.74) is -0.712. The fourth-order valence-electron chi connectivity index (χ4n) is 12.5. The van der Waals surface area contributed by atoms with Crippen LogP contribution in [0.1, 0.15) is 120 Å². The smallest absolute Gasteiger partial charge is 0.303 e. The summed E-state index contributed by atoms with van der Waals surface area (Å²) < 4.78 is 6.16. The summed E-state index contributed by atoms with van der Waals surface area (Å²) in [6.07, 6.45) is 9.25. The molecule has 0 unspecified atom stereocenters. The topological polar surface area (TPSA) is 66.8 Å². The number of esters is 1. The van der Waals surface area contributed by atoms with Crippen LogP contribution in [0.15, 0.2) is 0 Å². The summed E-state index contributed by atoms with van der Waals surface area (Å²) in [5.74, 6) is 1.74. The first kappa shape index (κ1) is 27.0. The van der Waals surface area contributed by atoms with Crippen LogP contribution in [0.5, 0.6) is 0 Å². The largest absolute Gasteiger partial charge is 0.459 e. The Hall–Kier alpha value is -0.610. The molecule has 2 N–H and O–H groups in total. The molecule has 4 nitrogen and oxygen atoms in total. The van der Waals surface area contributed by atoms with Crippen molar-refractivity contribution in [3.63, 3.8) is 0 Å². The van der Waals surface area contributed by atoms with Crippen molar-refractivity contribution in [2.45, 2.75) is 138 Å². The van der Waals surface area contributed by atoms with Gasteiger partial charge in [-0.3, -0.25) is 4.79 Å². The predicted molar refractivity (Wildman–Crippen MR) is 143 cm³/mol. The lowest BCUT2D eigenvalue weighted by Crippen LogP contribution is -2.74. The molecule has 0 saturated heterocycles. The second-order valence-corrected chi connectivity index (χ2v) is 16.2. The molecular formula is C32H54O4. The number of aliphatic hydroxyl groups excluding tert-OH is 1. The third-order valence-electron chi connectivity index (χ3n) is 13.9. The van der Waals surface area contributed by atoms with Crippen molar-refractivity contribution >= 4 is 5.97 Å². The van der Waals surface area contributed by atoms with Gasteiger partial charge in [0, 0.05) is 18.3 Å². The average Bonchev–Trinajstić information content (AvgIpc) is 3.09. The van der Waals surface area contributed by atoms with Gasteiger partial charge >= 0.3 is 5.97 Å². The summed E-state index contributed by atoms with van der Waals surface area (Å²) in [7, 11) is 0. The second-order valence-electron chi connectivity index (χ2n) is 16.2. The number of carbonyl (C=O) groups is 1. The van der Waals surface area contributed by atoms with E-state index < -0.39 is 17.8 Å². The van der Waals surface area contributed by atoms with Crippen LogP contribution in [0.25, 0.3) is 0 Å². The molecule has 0 spiro atoms. The molecule has 0 aromatic rings. The fraction of sp³-hybridized carbons (Fsp3) is 0.969. The van der Waals surface area contributed by atoms with Crippen LogP contribution in [0, 0.1) is 56.7 Å². The molecule has 0 amide bonds. The van der Waals surface area contributed by atoms with Crippen molar-refractivity contribution in [1.82, 2.24) is 0 Å². The zero-order chi connectivity index (χ0) is 26.7. The van der Waals surface area contributed by atoms with Gasteiger partial charge in [0.05, 0.1) is 11.7 Å². The highest BCUT2D eigenvalue weighted by Gasteiger charge is 2.75. The van der Waals surface area contributed by atoms with E-state index >= 15 is 0 Å². The minimum Gasteiger partial charge on any atom is -0.459 e. The number of aliphatic hydroxyl groups is 2. The fourth-order valence-corrected chi connectivity index (χ4v) is 12.5. The standard InChI is InChI=1S/C32H54O4/c1-19(33)36-24-25-27(2,3)15-10-16-30(25,7)23-12-11-22-29(6)17-13-20(28(4,5)35)21(29)14-18-31(22,8)32(23,9)26(24)34/h20-26,34-35H,10-18H2,1-9H3/t20-,21+,22+,23+,24+,25+,26-,29-,30+,31+,32-/m0/s1. The van der Waals surface area contributed by atoms with Crippen molar-refractivity contribution in [1.29, 1.82) is 0 Å². The van der Waals surface area contributed by atoms with Gasteiger partial charge in [-0.15, -0.1) is 0 Å². The van der Waals surface area contributed by atoms with Gasteiger partial charge in [-0.1, -0.05) is 48.0 Å². The maximum Gasteiger partial charge on any atom is 0.303 e. The van der Waals surface area contributed by atoms with E-state index in [1.807, 2.05) is 13.8 Å². The number of hydrogen-bond acceptors (Lipinski definition) is 4. The molecule has 11 atom stereocenters. The van der Waals surface area contributed by atoms with E-state index in [2.05, 4.69) is 41.5 Å². The number of hydrogen-bond donors (Lipinski definition) is 2. The molecule has 5 rings (SSSR count). The minimum absolute atomic E-state index is 0.0248. The molecule has 0 heterocycles. The van der Waals surface area contributed by atoms with Crippen LogP contribution in [-0.2, 0) is 9.53 Å². The zero-order valence-corrected chi connectivity index (χ0v) is 24.6. The maximum atomic E-state index is 12.5. The molecule has 0 bridgehead atoms. The summed E-state index contributed by atoms with van der Waals surface area (Å²) >= 11 is 0. The van der Waals surface area contributed by atoms with Crippen LogP contribution in [0.4, 0.5) is 0 Å². The Morgan fingerprint density at radius 3 is 2.11 bits per heavy atom. The first-order valence-electron chi connectivity index (χ1n) is 15.0. The summed E-state index contributed by atoms with van der Waals surface area (Å²) in [6, 6.07) is 0. The Morgan fingerprint density at radius 2 is 1.50 bits per heavy atom. The maximum absolute atomic E-state index is 12.5. The van der Waals surface area contributed by atoms with Gasteiger partial charge in [0.2, 0.25) is 0 Å². The predicted octanol–water partition coefficient (Wildman–Crippen LogP) is 6.76. The van der Waals surface area contributed by atoms with Gasteiger partial charge in [-0.2, -0.15) is 0 Å². The lowest BCUT2D eigenvalue weighted by Gasteiger charge is -2.75. The average molecular weight is 503 g/mol. The summed E-state index contributed by atoms with van der Waals surface area (Å²) in [6.45, 7) is 20.1. The van der Waals surface area contributed by atoms with E-state index in [0.717, 1.165) is 38.5 Å². The van der Waals surface area contributed by atoms with Gasteiger partial charge in [-0.25, -0.2) is 0 Å². The van der Waals surface area contributed by atoms with Crippen LogP contribution < -0.4 is 0 Å². The lowest BCUT2D eigenvalue weighted by molar-refractivity contribution is -0.312. The number of ether oxygens (including phenoxy) is 1. The first-order chi connectivity index (χ1) is 16.4. The number of fused-ring (bicyclic) bond motifs is 7. The third kappa shape index (κ3) is 3.28. The van der Waals surface area contributed by atoms with E-state index in [-0.39, 0.29) is 39.0 Å². The molecule has 0 radical (unpaired) electrons. The Bertz CT molecular complexity index is 904. The van der Waals surface area contributed by atoms with Gasteiger partial charge in [-0.05, 0) is 111 Å². The highest BCUT2D eigenvalue weighted by molar-refractivity contribution is 5.66. The molecule has 206 valence electrons. The molecule has 0 aromatic carbocycles. The van der Waals surface area contributed by atoms with Gasteiger partial charge in [0.15, 0.2) is 0 Å². The number of carbonyl (C=O) groups excluding carboxylic acids is 1. The summed E-state index contributed by atoms with van der Waals surface area (Å²) in [5, 5.41) is 23.5. The second kappa shape index (κ2) is 7.96. The van der Waals surface area contributed by atoms with E-state index in [4.69, 9.17) is 4.74 Å². The van der Waals surface area contributed by atoms with Gasteiger partial charge in [0.25, 0.3) is 0 Å². The normalized spacial score (nSPS) is 54.0. The highest BCUT2D eigenvalue weighted by atomic mass is 16.6. The van der Waals surface area contributed by atoms with Crippen LogP contribution in [0.3, 0.4) is 0 Å². The van der Waals surface area contributed by atoms with Crippen LogP contribution >= 0.6 is 0 Å². The molecule has 5 aliphatic carbocycles. The minimum atomic E-state index is -0.652. The zero-order valence-electron chi connectivity index (χ0n) is 24.6. The Labute approximate surface area is 220 Å². The lowest BCUT2D eigenvalue weighted by atomic mass is 9.31. The third-order valence-corrected chi connectivity index (χ3v) is 13.9. The Balaban J connectivity index is 1.62. The SMILES string of the molecule is CC(=O)O[C@@H]1[C@@H]2C(C)(C)CCC[C@]2(C)[C@H]2CC[C@@H]3[C@@]4(C)CC[C@H](C(C)(C)O)[C@H]4CC[C@@]3(C)[C@]2(C)[C@H]1O. The molecule has 36 heavy (non-hydrogen) atoms. The molecular weight excluding hydrogens is 448 g/mol. The van der Waals surface area contributed by atoms with Crippen molar-refractivity contribution in [2.75, 3.05) is 0 Å². The van der Waals surface area contributed by atoms with E-state index in [9.17, 15) is 15.0 Å². The molecule has 4 heteroatoms. The van der Waals surface area contributed by atoms with E-state index in [1.165, 1.54) is 26.2 Å². The van der Waals surface area contributed by atoms with Gasteiger partial charge in [0.1, 0.15) is 6.10 Å². The van der Waals surface area contributed by atoms with Crippen molar-refractivity contribution < 1.29 is 19.7 Å². The summed E-state index contributed by atoms with van der Waals surface area (Å²) in [4.78, 5) is 12.4. The van der Waals surface area contributed by atoms with E-state index in [1.54, 1.807) is 0 Å². The number of rotatable bonds is 2. The van der Waals surface area contributed by atoms with Crippen molar-refractivity contribution in [2.24, 2.45) is 56.7 Å². The molecule has 5 fully saturated rings. The van der Waals surface area contributed by atoms with Crippen LogP contribution in [-0.4, -0.2) is 34.0 Å². The quantitative estimate of drug-likeness (QED) is 0.409. The molecule has 0 aromatic heterocycles. The molecule has 0 aliphatic heterocycles. The monoisotopic (exact) mass is 502 g/mol. The Morgan fingerprint density at radius 1 is 0.861 bits per heavy atom. The highest BCUT2D eigenvalue weighted by Crippen LogP contribution is 2.78. The van der Waals surface area contributed by atoms with E-state index in [0.29, 0.717) is 23.7 Å². The van der Waals surface area contributed by atoms with Crippen molar-refractivity contribution in [3.8, 4) is 0 Å².